The molecule has 0 saturated heterocycles. The van der Waals surface area contributed by atoms with Gasteiger partial charge in [0.25, 0.3) is 0 Å². The van der Waals surface area contributed by atoms with Crippen LogP contribution in [0.1, 0.15) is 72.1 Å². The molecule has 3 fully saturated rings. The Morgan fingerprint density at radius 1 is 1.26 bits per heavy atom. The molecular formula is C23H36INO2. The summed E-state index contributed by atoms with van der Waals surface area (Å²) in [6.07, 6.45) is 12.1. The highest BCUT2D eigenvalue weighted by atomic mass is 127. The van der Waals surface area contributed by atoms with Crippen molar-refractivity contribution in [3.63, 3.8) is 0 Å². The second-order valence-corrected chi connectivity index (χ2v) is 11.0. The lowest BCUT2D eigenvalue weighted by atomic mass is 9.48. The van der Waals surface area contributed by atoms with Crippen LogP contribution >= 0.6 is 22.6 Å². The minimum absolute atomic E-state index is 0.0610. The molecule has 4 rings (SSSR count). The van der Waals surface area contributed by atoms with Crippen molar-refractivity contribution in [3.8, 4) is 0 Å². The molecule has 7 unspecified atom stereocenters. The second kappa shape index (κ2) is 7.62. The van der Waals surface area contributed by atoms with Crippen molar-refractivity contribution < 1.29 is 9.94 Å². The Morgan fingerprint density at radius 2 is 2.07 bits per heavy atom. The summed E-state index contributed by atoms with van der Waals surface area (Å²) in [6, 6.07) is 0. The van der Waals surface area contributed by atoms with E-state index in [2.05, 4.69) is 54.6 Å². The number of hydrogen-bond donors (Lipinski definition) is 1. The molecule has 3 saturated carbocycles. The van der Waals surface area contributed by atoms with Crippen LogP contribution in [-0.2, 0) is 4.74 Å². The van der Waals surface area contributed by atoms with Crippen molar-refractivity contribution in [1.29, 1.82) is 0 Å². The molecule has 27 heavy (non-hydrogen) atoms. The highest BCUT2D eigenvalue weighted by Gasteiger charge is 2.62. The van der Waals surface area contributed by atoms with E-state index in [1.807, 2.05) is 0 Å². The third-order valence-corrected chi connectivity index (χ3v) is 9.60. The van der Waals surface area contributed by atoms with Gasteiger partial charge in [0.15, 0.2) is 0 Å². The van der Waals surface area contributed by atoms with E-state index in [4.69, 9.17) is 4.74 Å². The molecule has 1 N–H and O–H groups in total. The smallest absolute Gasteiger partial charge is 0.0795 e. The number of alkyl halides is 1. The number of nitrogens with zero attached hydrogens (tertiary/aromatic N) is 1. The number of rotatable bonds is 4. The van der Waals surface area contributed by atoms with Gasteiger partial charge in [0.1, 0.15) is 0 Å². The maximum atomic E-state index is 9.25. The minimum atomic E-state index is 0.0610. The largest absolute Gasteiger partial charge is 0.411 e. The number of hydrogen-bond acceptors (Lipinski definition) is 3. The number of fused-ring (bicyclic) bond motifs is 5. The maximum absolute atomic E-state index is 9.25. The number of allylic oxidation sites excluding steroid dienone is 2. The van der Waals surface area contributed by atoms with Gasteiger partial charge < -0.3 is 9.94 Å². The monoisotopic (exact) mass is 485 g/mol. The fourth-order valence-corrected chi connectivity index (χ4v) is 7.84. The van der Waals surface area contributed by atoms with Gasteiger partial charge in [-0.25, -0.2) is 0 Å². The van der Waals surface area contributed by atoms with Gasteiger partial charge in [0, 0.05) is 4.43 Å². The minimum Gasteiger partial charge on any atom is -0.411 e. The molecular weight excluding hydrogens is 449 g/mol. The molecule has 4 aliphatic rings. The molecule has 7 atom stereocenters. The average Bonchev–Trinajstić information content (AvgIpc) is 2.96. The Morgan fingerprint density at radius 3 is 2.78 bits per heavy atom. The number of oxime groups is 1. The molecule has 0 radical (unpaired) electrons. The van der Waals surface area contributed by atoms with Gasteiger partial charge >= 0.3 is 0 Å². The normalized spacial score (nSPS) is 47.9. The van der Waals surface area contributed by atoms with Crippen molar-refractivity contribution in [3.05, 3.63) is 11.6 Å². The second-order valence-electron chi connectivity index (χ2n) is 9.94. The molecule has 0 aromatic rings. The molecule has 0 bridgehead atoms. The SMILES string of the molecule is CCC1CC2=C/C(=N/O)CCC2C2CCC3(C)C(CCC3(C)OCCI)C12. The van der Waals surface area contributed by atoms with Gasteiger partial charge in [0.2, 0.25) is 0 Å². The lowest BCUT2D eigenvalue weighted by molar-refractivity contribution is -0.146. The van der Waals surface area contributed by atoms with E-state index in [9.17, 15) is 5.21 Å². The quantitative estimate of drug-likeness (QED) is 0.222. The summed E-state index contributed by atoms with van der Waals surface area (Å²) >= 11 is 2.44. The highest BCUT2D eigenvalue weighted by Crippen LogP contribution is 2.67. The molecule has 0 heterocycles. The van der Waals surface area contributed by atoms with Gasteiger partial charge in [-0.15, -0.1) is 0 Å². The van der Waals surface area contributed by atoms with E-state index >= 15 is 0 Å². The summed E-state index contributed by atoms with van der Waals surface area (Å²) < 4.78 is 7.62. The number of halogens is 1. The fraction of sp³-hybridized carbons (Fsp3) is 0.870. The summed E-state index contributed by atoms with van der Waals surface area (Å²) in [6.45, 7) is 8.26. The Balaban J connectivity index is 1.64. The van der Waals surface area contributed by atoms with Crippen LogP contribution in [0.4, 0.5) is 0 Å². The summed E-state index contributed by atoms with van der Waals surface area (Å²) in [5.74, 6) is 4.02. The Hall–Kier alpha value is -0.100. The van der Waals surface area contributed by atoms with Crippen LogP contribution < -0.4 is 0 Å². The third kappa shape index (κ3) is 3.12. The average molecular weight is 485 g/mol. The van der Waals surface area contributed by atoms with Gasteiger partial charge in [-0.1, -0.05) is 53.6 Å². The van der Waals surface area contributed by atoms with E-state index < -0.39 is 0 Å². The Bertz CT molecular complexity index is 632. The van der Waals surface area contributed by atoms with Crippen LogP contribution in [0.15, 0.2) is 16.8 Å². The van der Waals surface area contributed by atoms with Crippen LogP contribution in [0.3, 0.4) is 0 Å². The summed E-state index contributed by atoms with van der Waals surface area (Å²) in [5.41, 5.74) is 2.88. The van der Waals surface area contributed by atoms with Gasteiger partial charge in [0.05, 0.1) is 17.9 Å². The van der Waals surface area contributed by atoms with Crippen LogP contribution in [-0.4, -0.2) is 27.6 Å². The van der Waals surface area contributed by atoms with Gasteiger partial charge in [-0.2, -0.15) is 0 Å². The maximum Gasteiger partial charge on any atom is 0.0795 e. The zero-order valence-corrected chi connectivity index (χ0v) is 19.4. The number of ether oxygens (including phenoxy) is 1. The van der Waals surface area contributed by atoms with Crippen LogP contribution in [0.2, 0.25) is 0 Å². The first kappa shape index (κ1) is 20.2. The summed E-state index contributed by atoms with van der Waals surface area (Å²) in [4.78, 5) is 0. The summed E-state index contributed by atoms with van der Waals surface area (Å²) in [5, 5.41) is 12.8. The molecule has 0 aliphatic heterocycles. The first-order valence-corrected chi connectivity index (χ1v) is 12.6. The van der Waals surface area contributed by atoms with E-state index in [1.54, 1.807) is 5.57 Å². The lowest BCUT2D eigenvalue weighted by Gasteiger charge is -2.58. The molecule has 0 amide bonds. The van der Waals surface area contributed by atoms with Crippen molar-refractivity contribution in [2.45, 2.75) is 77.7 Å². The van der Waals surface area contributed by atoms with Crippen LogP contribution in [0.5, 0.6) is 0 Å². The topological polar surface area (TPSA) is 41.8 Å². The highest BCUT2D eigenvalue weighted by molar-refractivity contribution is 14.1. The zero-order valence-electron chi connectivity index (χ0n) is 17.2. The standard InChI is InChI=1S/C23H36INO2/c1-4-15-13-16-14-17(25-26)5-6-18(16)19-7-9-22(2)20(21(15)19)8-10-23(22,3)27-12-11-24/h14-15,18-21,26H,4-13H2,1-3H3/b25-17+. The lowest BCUT2D eigenvalue weighted by Crippen LogP contribution is -2.54. The van der Waals surface area contributed by atoms with Crippen molar-refractivity contribution >= 4 is 28.3 Å². The molecule has 4 heteroatoms. The van der Waals surface area contributed by atoms with Gasteiger partial charge in [-0.05, 0) is 93.0 Å². The Kier molecular flexibility index (Phi) is 5.70. The molecule has 152 valence electrons. The molecule has 0 aromatic carbocycles. The third-order valence-electron chi connectivity index (χ3n) is 9.16. The first-order chi connectivity index (χ1) is 13.0. The summed E-state index contributed by atoms with van der Waals surface area (Å²) in [7, 11) is 0. The van der Waals surface area contributed by atoms with Crippen molar-refractivity contribution in [2.24, 2.45) is 40.2 Å². The zero-order chi connectivity index (χ0) is 19.2. The van der Waals surface area contributed by atoms with E-state index in [1.165, 1.54) is 44.9 Å². The fourth-order valence-electron chi connectivity index (χ4n) is 7.62. The van der Waals surface area contributed by atoms with E-state index in [0.717, 1.165) is 52.8 Å². The molecule has 0 spiro atoms. The van der Waals surface area contributed by atoms with Crippen molar-refractivity contribution in [2.75, 3.05) is 11.0 Å². The predicted molar refractivity (Wildman–Crippen MR) is 119 cm³/mol. The molecule has 4 aliphatic carbocycles. The van der Waals surface area contributed by atoms with Crippen LogP contribution in [0, 0.1) is 35.0 Å². The van der Waals surface area contributed by atoms with E-state index in [-0.39, 0.29) is 5.60 Å². The first-order valence-electron chi connectivity index (χ1n) is 11.1. The molecule has 3 nitrogen and oxygen atoms in total. The molecule has 0 aromatic heterocycles. The predicted octanol–water partition coefficient (Wildman–Crippen LogP) is 6.24. The Labute approximate surface area is 178 Å². The van der Waals surface area contributed by atoms with Crippen molar-refractivity contribution in [1.82, 2.24) is 0 Å². The van der Waals surface area contributed by atoms with E-state index in [0.29, 0.717) is 5.41 Å². The van der Waals surface area contributed by atoms with Crippen LogP contribution in [0.25, 0.3) is 0 Å². The van der Waals surface area contributed by atoms with Gasteiger partial charge in [-0.3, -0.25) is 0 Å².